The Hall–Kier alpha value is -0.950. The van der Waals surface area contributed by atoms with Gasteiger partial charge in [0.25, 0.3) is 0 Å². The molecule has 1 saturated heterocycles. The lowest BCUT2D eigenvalue weighted by molar-refractivity contribution is 0.101. The molecule has 7 heteroatoms. The predicted octanol–water partition coefficient (Wildman–Crippen LogP) is 1.42. The van der Waals surface area contributed by atoms with Crippen LogP contribution in [0.25, 0.3) is 0 Å². The van der Waals surface area contributed by atoms with Crippen molar-refractivity contribution in [2.24, 2.45) is 18.9 Å². The Morgan fingerprint density at radius 1 is 1.47 bits per heavy atom. The summed E-state index contributed by atoms with van der Waals surface area (Å²) in [4.78, 5) is 0.130. The number of hydrogen-bond acceptors (Lipinski definition) is 3. The fourth-order valence-corrected chi connectivity index (χ4v) is 3.99. The molecule has 0 radical (unpaired) electrons. The maximum Gasteiger partial charge on any atom is 0.246 e. The summed E-state index contributed by atoms with van der Waals surface area (Å²) in [5.74, 6) is 0.179. The van der Waals surface area contributed by atoms with E-state index in [4.69, 9.17) is 0 Å². The number of halogens is 1. The van der Waals surface area contributed by atoms with Crippen molar-refractivity contribution in [3.8, 4) is 0 Å². The second kappa shape index (κ2) is 5.20. The van der Waals surface area contributed by atoms with Gasteiger partial charge in [0, 0.05) is 26.3 Å². The standard InChI is InChI=1S/C12H20FN3O2S/c1-9(2)11-4-5-16(8-12(11)13)19(17,18)10-6-14-15(3)7-10/h6-7,9,11-12H,4-5,8H2,1-3H3/t11-,12+/m1/s1. The van der Waals surface area contributed by atoms with Crippen LogP contribution in [0.5, 0.6) is 0 Å². The van der Waals surface area contributed by atoms with Crippen LogP contribution in [0.3, 0.4) is 0 Å². The van der Waals surface area contributed by atoms with Gasteiger partial charge in [-0.1, -0.05) is 13.8 Å². The van der Waals surface area contributed by atoms with E-state index >= 15 is 0 Å². The summed E-state index contributed by atoms with van der Waals surface area (Å²) in [7, 11) is -1.96. The maximum absolute atomic E-state index is 14.1. The first-order valence-corrected chi connectivity index (χ1v) is 7.89. The fraction of sp³-hybridized carbons (Fsp3) is 0.750. The molecule has 2 rings (SSSR count). The zero-order valence-corrected chi connectivity index (χ0v) is 12.3. The van der Waals surface area contributed by atoms with Crippen molar-refractivity contribution in [3.05, 3.63) is 12.4 Å². The molecule has 1 aromatic heterocycles. The first kappa shape index (κ1) is 14.5. The number of rotatable bonds is 3. The van der Waals surface area contributed by atoms with E-state index < -0.39 is 16.2 Å². The first-order chi connectivity index (χ1) is 8.82. The molecule has 1 aliphatic heterocycles. The summed E-state index contributed by atoms with van der Waals surface area (Å²) < 4.78 is 41.4. The van der Waals surface area contributed by atoms with Gasteiger partial charge in [-0.15, -0.1) is 0 Å². The van der Waals surface area contributed by atoms with Crippen molar-refractivity contribution in [1.82, 2.24) is 14.1 Å². The van der Waals surface area contributed by atoms with Crippen LogP contribution in [0.2, 0.25) is 0 Å². The normalized spacial score (nSPS) is 25.9. The molecule has 0 aliphatic carbocycles. The van der Waals surface area contributed by atoms with Crippen molar-refractivity contribution in [1.29, 1.82) is 0 Å². The second-order valence-corrected chi connectivity index (χ2v) is 7.36. The van der Waals surface area contributed by atoms with Gasteiger partial charge in [0.15, 0.2) is 0 Å². The summed E-state index contributed by atoms with van der Waals surface area (Å²) in [6.45, 7) is 4.27. The van der Waals surface area contributed by atoms with E-state index in [9.17, 15) is 12.8 Å². The number of nitrogens with zero attached hydrogens (tertiary/aromatic N) is 3. The van der Waals surface area contributed by atoms with Crippen molar-refractivity contribution >= 4 is 10.0 Å². The van der Waals surface area contributed by atoms with E-state index in [1.807, 2.05) is 13.8 Å². The van der Waals surface area contributed by atoms with Gasteiger partial charge >= 0.3 is 0 Å². The van der Waals surface area contributed by atoms with Crippen LogP contribution in [-0.4, -0.2) is 41.8 Å². The number of aryl methyl sites for hydroxylation is 1. The highest BCUT2D eigenvalue weighted by Crippen LogP contribution is 2.30. The third-order valence-corrected chi connectivity index (χ3v) is 5.55. The summed E-state index contributed by atoms with van der Waals surface area (Å²) in [6, 6.07) is 0. The highest BCUT2D eigenvalue weighted by atomic mass is 32.2. The molecule has 1 aromatic rings. The van der Waals surface area contributed by atoms with Gasteiger partial charge in [-0.3, -0.25) is 4.68 Å². The summed E-state index contributed by atoms with van der Waals surface area (Å²) in [6.07, 6.45) is 2.22. The summed E-state index contributed by atoms with van der Waals surface area (Å²) >= 11 is 0. The van der Waals surface area contributed by atoms with Crippen LogP contribution in [0, 0.1) is 11.8 Å². The first-order valence-electron chi connectivity index (χ1n) is 6.45. The maximum atomic E-state index is 14.1. The number of piperidine rings is 1. The number of hydrogen-bond donors (Lipinski definition) is 0. The van der Waals surface area contributed by atoms with Crippen LogP contribution < -0.4 is 0 Å². The molecule has 108 valence electrons. The molecule has 1 fully saturated rings. The lowest BCUT2D eigenvalue weighted by Gasteiger charge is -2.35. The lowest BCUT2D eigenvalue weighted by atomic mass is 9.86. The van der Waals surface area contributed by atoms with E-state index in [1.165, 1.54) is 21.4 Å². The molecule has 0 saturated carbocycles. The largest absolute Gasteiger partial charge is 0.274 e. The van der Waals surface area contributed by atoms with Crippen LogP contribution >= 0.6 is 0 Å². The summed E-state index contributed by atoms with van der Waals surface area (Å²) in [5, 5.41) is 3.86. The van der Waals surface area contributed by atoms with Gasteiger partial charge in [0.1, 0.15) is 11.1 Å². The Morgan fingerprint density at radius 3 is 2.63 bits per heavy atom. The van der Waals surface area contributed by atoms with Crippen LogP contribution in [0.15, 0.2) is 17.3 Å². The minimum absolute atomic E-state index is 0.0552. The Labute approximate surface area is 113 Å². The molecule has 2 atom stereocenters. The zero-order chi connectivity index (χ0) is 14.2. The average Bonchev–Trinajstić information content (AvgIpc) is 2.76. The van der Waals surface area contributed by atoms with E-state index in [0.717, 1.165) is 0 Å². The minimum atomic E-state index is -3.61. The van der Waals surface area contributed by atoms with Crippen molar-refractivity contribution in [2.45, 2.75) is 31.3 Å². The number of sulfonamides is 1. The molecule has 0 spiro atoms. The van der Waals surface area contributed by atoms with Crippen molar-refractivity contribution < 1.29 is 12.8 Å². The molecule has 5 nitrogen and oxygen atoms in total. The van der Waals surface area contributed by atoms with Gasteiger partial charge in [-0.25, -0.2) is 12.8 Å². The molecule has 19 heavy (non-hydrogen) atoms. The third-order valence-electron chi connectivity index (χ3n) is 3.73. The van der Waals surface area contributed by atoms with Crippen molar-refractivity contribution in [3.63, 3.8) is 0 Å². The minimum Gasteiger partial charge on any atom is -0.274 e. The Morgan fingerprint density at radius 2 is 2.16 bits per heavy atom. The van der Waals surface area contributed by atoms with E-state index in [1.54, 1.807) is 7.05 Å². The predicted molar refractivity (Wildman–Crippen MR) is 69.8 cm³/mol. The van der Waals surface area contributed by atoms with E-state index in [0.29, 0.717) is 13.0 Å². The van der Waals surface area contributed by atoms with E-state index in [2.05, 4.69) is 5.10 Å². The molecule has 0 bridgehead atoms. The quantitative estimate of drug-likeness (QED) is 0.845. The topological polar surface area (TPSA) is 55.2 Å². The molecule has 0 aromatic carbocycles. The van der Waals surface area contributed by atoms with Gasteiger partial charge in [-0.05, 0) is 18.3 Å². The van der Waals surface area contributed by atoms with Gasteiger partial charge in [0.05, 0.1) is 6.20 Å². The molecule has 1 aliphatic rings. The molecule has 2 heterocycles. The SMILES string of the molecule is CC(C)[C@H]1CCN(S(=O)(=O)c2cnn(C)c2)C[C@@H]1F. The molecule has 0 N–H and O–H groups in total. The number of alkyl halides is 1. The molecule has 0 amide bonds. The lowest BCUT2D eigenvalue weighted by Crippen LogP contribution is -2.46. The average molecular weight is 289 g/mol. The van der Waals surface area contributed by atoms with Crippen molar-refractivity contribution in [2.75, 3.05) is 13.1 Å². The Kier molecular flexibility index (Phi) is 3.96. The monoisotopic (exact) mass is 289 g/mol. The van der Waals surface area contributed by atoms with Crippen LogP contribution in [-0.2, 0) is 17.1 Å². The highest BCUT2D eigenvalue weighted by Gasteiger charge is 2.37. The highest BCUT2D eigenvalue weighted by molar-refractivity contribution is 7.89. The Bertz CT molecular complexity index is 541. The zero-order valence-electron chi connectivity index (χ0n) is 11.5. The molecular weight excluding hydrogens is 269 g/mol. The smallest absolute Gasteiger partial charge is 0.246 e. The third kappa shape index (κ3) is 2.81. The van der Waals surface area contributed by atoms with Gasteiger partial charge in [-0.2, -0.15) is 9.40 Å². The van der Waals surface area contributed by atoms with Crippen LogP contribution in [0.1, 0.15) is 20.3 Å². The Balaban J connectivity index is 2.16. The second-order valence-electron chi connectivity index (χ2n) is 5.43. The van der Waals surface area contributed by atoms with Gasteiger partial charge < -0.3 is 0 Å². The number of aromatic nitrogens is 2. The van der Waals surface area contributed by atoms with Crippen LogP contribution in [0.4, 0.5) is 4.39 Å². The summed E-state index contributed by atoms with van der Waals surface area (Å²) in [5.41, 5.74) is 0. The fourth-order valence-electron chi connectivity index (χ4n) is 2.55. The molecule has 0 unspecified atom stereocenters. The molecular formula is C12H20FN3O2S. The van der Waals surface area contributed by atoms with Gasteiger partial charge in [0.2, 0.25) is 10.0 Å². The van der Waals surface area contributed by atoms with E-state index in [-0.39, 0.29) is 23.3 Å².